The second kappa shape index (κ2) is 6.45. The highest BCUT2D eigenvalue weighted by Gasteiger charge is 2.51. The Labute approximate surface area is 153 Å². The molecule has 0 radical (unpaired) electrons. The normalized spacial score (nSPS) is 33.4. The highest BCUT2D eigenvalue weighted by Crippen LogP contribution is 2.60. The van der Waals surface area contributed by atoms with E-state index >= 15 is 0 Å². The number of carbonyl (C=O) groups excluding carboxylic acids is 1. The van der Waals surface area contributed by atoms with E-state index in [1.165, 1.54) is 38.4 Å². The van der Waals surface area contributed by atoms with Crippen molar-refractivity contribution in [2.75, 3.05) is 7.11 Å². The predicted octanol–water partition coefficient (Wildman–Crippen LogP) is 6.07. The van der Waals surface area contributed by atoms with Crippen LogP contribution < -0.4 is 0 Å². The van der Waals surface area contributed by atoms with Crippen LogP contribution in [0.15, 0.2) is 24.3 Å². The molecule has 4 atom stereocenters. The quantitative estimate of drug-likeness (QED) is 0.610. The summed E-state index contributed by atoms with van der Waals surface area (Å²) in [6, 6.07) is 8.15. The van der Waals surface area contributed by atoms with Crippen LogP contribution in [0.4, 0.5) is 0 Å². The number of benzene rings is 1. The molecular weight excluding hydrogens is 308 g/mol. The Kier molecular flexibility index (Phi) is 4.77. The Morgan fingerprint density at radius 2 is 1.48 bits per heavy atom. The van der Waals surface area contributed by atoms with Crippen LogP contribution in [0.3, 0.4) is 0 Å². The zero-order valence-electron chi connectivity index (χ0n) is 16.8. The maximum atomic E-state index is 11.7. The number of carbonyl (C=O) groups is 1. The Morgan fingerprint density at radius 3 is 2.00 bits per heavy atom. The molecule has 2 saturated carbocycles. The van der Waals surface area contributed by atoms with Crippen LogP contribution in [-0.2, 0) is 4.74 Å². The molecule has 2 heteroatoms. The van der Waals surface area contributed by atoms with Gasteiger partial charge in [0.15, 0.2) is 0 Å². The van der Waals surface area contributed by atoms with E-state index in [4.69, 9.17) is 4.74 Å². The fraction of sp³-hybridized carbons (Fsp3) is 0.696. The minimum absolute atomic E-state index is 0.251. The number of ether oxygens (including phenoxy) is 1. The van der Waals surface area contributed by atoms with E-state index < -0.39 is 0 Å². The molecule has 138 valence electrons. The van der Waals surface area contributed by atoms with Gasteiger partial charge in [0.1, 0.15) is 0 Å². The summed E-state index contributed by atoms with van der Waals surface area (Å²) in [6.45, 7) is 12.4. The van der Waals surface area contributed by atoms with Crippen molar-refractivity contribution in [1.29, 1.82) is 0 Å². The average Bonchev–Trinajstić information content (AvgIpc) is 2.58. The number of rotatable bonds is 2. The molecule has 2 aliphatic carbocycles. The van der Waals surface area contributed by atoms with Gasteiger partial charge < -0.3 is 4.74 Å². The lowest BCUT2D eigenvalue weighted by molar-refractivity contribution is -0.0634. The Balaban J connectivity index is 1.85. The predicted molar refractivity (Wildman–Crippen MR) is 103 cm³/mol. The summed E-state index contributed by atoms with van der Waals surface area (Å²) in [7, 11) is 1.44. The van der Waals surface area contributed by atoms with Gasteiger partial charge in [-0.2, -0.15) is 0 Å². The second-order valence-electron chi connectivity index (χ2n) is 9.86. The SMILES string of the molecule is COC(=O)c1ccc(C2CC3C(CC2C)C(C)(C)CCC3(C)C)cc1. The van der Waals surface area contributed by atoms with E-state index in [9.17, 15) is 4.79 Å². The Bertz CT molecular complexity index is 626. The first-order chi connectivity index (χ1) is 11.7. The minimum Gasteiger partial charge on any atom is -0.465 e. The third-order valence-corrected chi connectivity index (χ3v) is 7.49. The zero-order valence-corrected chi connectivity index (χ0v) is 16.8. The summed E-state index contributed by atoms with van der Waals surface area (Å²) in [5.41, 5.74) is 2.93. The van der Waals surface area contributed by atoms with E-state index in [0.717, 1.165) is 11.8 Å². The van der Waals surface area contributed by atoms with Crippen molar-refractivity contribution in [3.05, 3.63) is 35.4 Å². The van der Waals surface area contributed by atoms with Crippen molar-refractivity contribution >= 4 is 5.97 Å². The van der Waals surface area contributed by atoms with Gasteiger partial charge in [-0.15, -0.1) is 0 Å². The van der Waals surface area contributed by atoms with Crippen LogP contribution in [-0.4, -0.2) is 13.1 Å². The van der Waals surface area contributed by atoms with Crippen molar-refractivity contribution < 1.29 is 9.53 Å². The molecule has 2 aliphatic rings. The van der Waals surface area contributed by atoms with Gasteiger partial charge in [0.25, 0.3) is 0 Å². The topological polar surface area (TPSA) is 26.3 Å². The molecule has 2 nitrogen and oxygen atoms in total. The summed E-state index contributed by atoms with van der Waals surface area (Å²) < 4.78 is 4.82. The van der Waals surface area contributed by atoms with Gasteiger partial charge in [-0.3, -0.25) is 0 Å². The summed E-state index contributed by atoms with van der Waals surface area (Å²) in [6.07, 6.45) is 5.29. The second-order valence-corrected chi connectivity index (χ2v) is 9.86. The molecule has 0 N–H and O–H groups in total. The molecule has 0 amide bonds. The molecule has 1 aromatic rings. The molecule has 0 aromatic heterocycles. The number of methoxy groups -OCH3 is 1. The average molecular weight is 343 g/mol. The molecule has 0 aliphatic heterocycles. The van der Waals surface area contributed by atoms with Crippen LogP contribution in [0.5, 0.6) is 0 Å². The van der Waals surface area contributed by atoms with E-state index in [1.54, 1.807) is 0 Å². The van der Waals surface area contributed by atoms with Crippen molar-refractivity contribution in [3.63, 3.8) is 0 Å². The molecular formula is C23H34O2. The van der Waals surface area contributed by atoms with Gasteiger partial charge in [0.2, 0.25) is 0 Å². The van der Waals surface area contributed by atoms with Crippen LogP contribution in [0.25, 0.3) is 0 Å². The fourth-order valence-electron chi connectivity index (χ4n) is 5.59. The lowest BCUT2D eigenvalue weighted by atomic mass is 9.48. The first kappa shape index (κ1) is 18.5. The van der Waals surface area contributed by atoms with Gasteiger partial charge in [-0.05, 0) is 77.9 Å². The monoisotopic (exact) mass is 342 g/mol. The fourth-order valence-corrected chi connectivity index (χ4v) is 5.59. The minimum atomic E-state index is -0.251. The largest absolute Gasteiger partial charge is 0.465 e. The first-order valence-corrected chi connectivity index (χ1v) is 9.84. The number of hydrogen-bond acceptors (Lipinski definition) is 2. The van der Waals surface area contributed by atoms with Crippen LogP contribution in [0.1, 0.15) is 82.1 Å². The lowest BCUT2D eigenvalue weighted by Gasteiger charge is -2.57. The summed E-state index contributed by atoms with van der Waals surface area (Å²) in [5, 5.41) is 0. The molecule has 0 saturated heterocycles. The zero-order chi connectivity index (χ0) is 18.4. The smallest absolute Gasteiger partial charge is 0.337 e. The Hall–Kier alpha value is -1.31. The molecule has 3 rings (SSSR count). The molecule has 4 unspecified atom stereocenters. The maximum absolute atomic E-state index is 11.7. The van der Waals surface area contributed by atoms with E-state index in [2.05, 4.69) is 46.8 Å². The standard InChI is InChI=1S/C23H34O2/c1-15-13-19-20(23(4,5)12-11-22(19,2)3)14-18(15)16-7-9-17(10-8-16)21(24)25-6/h7-10,15,18-20H,11-14H2,1-6H3. The highest BCUT2D eigenvalue weighted by molar-refractivity contribution is 5.89. The van der Waals surface area contributed by atoms with E-state index in [1.807, 2.05) is 12.1 Å². The number of esters is 1. The van der Waals surface area contributed by atoms with Gasteiger partial charge in [-0.1, -0.05) is 46.8 Å². The molecule has 1 aromatic carbocycles. The molecule has 25 heavy (non-hydrogen) atoms. The summed E-state index contributed by atoms with van der Waals surface area (Å²) in [4.78, 5) is 11.7. The molecule has 0 heterocycles. The maximum Gasteiger partial charge on any atom is 0.337 e. The van der Waals surface area contributed by atoms with E-state index in [0.29, 0.717) is 28.2 Å². The van der Waals surface area contributed by atoms with Gasteiger partial charge in [0, 0.05) is 0 Å². The van der Waals surface area contributed by atoms with Gasteiger partial charge in [0.05, 0.1) is 12.7 Å². The molecule has 0 spiro atoms. The number of fused-ring (bicyclic) bond motifs is 1. The molecule has 2 fully saturated rings. The van der Waals surface area contributed by atoms with Crippen molar-refractivity contribution in [2.24, 2.45) is 28.6 Å². The number of hydrogen-bond donors (Lipinski definition) is 0. The van der Waals surface area contributed by atoms with Crippen LogP contribution >= 0.6 is 0 Å². The van der Waals surface area contributed by atoms with Crippen LogP contribution in [0, 0.1) is 28.6 Å². The van der Waals surface area contributed by atoms with Crippen LogP contribution in [0.2, 0.25) is 0 Å². The van der Waals surface area contributed by atoms with Crippen molar-refractivity contribution in [2.45, 2.75) is 66.2 Å². The first-order valence-electron chi connectivity index (χ1n) is 9.84. The Morgan fingerprint density at radius 1 is 0.960 bits per heavy atom. The highest BCUT2D eigenvalue weighted by atomic mass is 16.5. The summed E-state index contributed by atoms with van der Waals surface area (Å²) >= 11 is 0. The van der Waals surface area contributed by atoms with Gasteiger partial charge in [-0.25, -0.2) is 4.79 Å². The summed E-state index contributed by atoms with van der Waals surface area (Å²) in [5.74, 6) is 2.66. The molecule has 0 bridgehead atoms. The van der Waals surface area contributed by atoms with Gasteiger partial charge >= 0.3 is 5.97 Å². The van der Waals surface area contributed by atoms with Crippen molar-refractivity contribution in [3.8, 4) is 0 Å². The third kappa shape index (κ3) is 3.37. The van der Waals surface area contributed by atoms with Crippen molar-refractivity contribution in [1.82, 2.24) is 0 Å². The third-order valence-electron chi connectivity index (χ3n) is 7.49. The van der Waals surface area contributed by atoms with E-state index in [-0.39, 0.29) is 5.97 Å². The lowest BCUT2D eigenvalue weighted by Crippen LogP contribution is -2.48.